The Morgan fingerprint density at radius 1 is 0.826 bits per heavy atom. The van der Waals surface area contributed by atoms with Gasteiger partial charge in [-0.1, -0.05) is 42.3 Å². The van der Waals surface area contributed by atoms with Gasteiger partial charge in [-0.15, -0.1) is 0 Å². The fraction of sp³-hybridized carbons (Fsp3) is 0.455. The molecule has 1 aliphatic heterocycles. The molecule has 1 heterocycles. The number of aryl methyl sites for hydroxylation is 1. The molecular weight excluding hydrogens is 616 g/mol. The average Bonchev–Trinajstić information content (AvgIpc) is 3.00. The fourth-order valence-electron chi connectivity index (χ4n) is 4.98. The summed E-state index contributed by atoms with van der Waals surface area (Å²) in [7, 11) is -3.83. The highest BCUT2D eigenvalue weighted by Gasteiger charge is 2.41. The molecule has 0 aliphatic carbocycles. The Hall–Kier alpha value is -4.07. The summed E-state index contributed by atoms with van der Waals surface area (Å²) >= 11 is 0. The number of para-hydroxylation sites is 1. The quantitative estimate of drug-likeness (QED) is 0.0739. The zero-order chi connectivity index (χ0) is 33.9. The van der Waals surface area contributed by atoms with Crippen molar-refractivity contribution in [1.29, 1.82) is 0 Å². The van der Waals surface area contributed by atoms with Gasteiger partial charge in [-0.3, -0.25) is 14.3 Å². The molecule has 3 rings (SSSR count). The molecule has 2 aromatic rings. The number of hydrogen-bond acceptors (Lipinski definition) is 11. The fourth-order valence-corrected chi connectivity index (χ4v) is 5.92. The van der Waals surface area contributed by atoms with Crippen LogP contribution in [0.3, 0.4) is 0 Å². The van der Waals surface area contributed by atoms with Crippen LogP contribution in [0.2, 0.25) is 0 Å². The zero-order valence-electron chi connectivity index (χ0n) is 26.9. The van der Waals surface area contributed by atoms with Gasteiger partial charge in [0.25, 0.3) is 15.8 Å². The van der Waals surface area contributed by atoms with Crippen molar-refractivity contribution in [3.63, 3.8) is 0 Å². The first-order valence-corrected chi connectivity index (χ1v) is 16.6. The van der Waals surface area contributed by atoms with Crippen molar-refractivity contribution in [3.05, 3.63) is 92.3 Å². The number of dihydropyridines is 1. The Morgan fingerprint density at radius 2 is 1.39 bits per heavy atom. The number of nitro groups is 1. The molecule has 250 valence electrons. The number of rotatable bonds is 17. The largest absolute Gasteiger partial charge is 0.462 e. The van der Waals surface area contributed by atoms with Crippen LogP contribution in [0.15, 0.2) is 76.0 Å². The summed E-state index contributed by atoms with van der Waals surface area (Å²) in [5.41, 5.74) is 1.79. The summed E-state index contributed by atoms with van der Waals surface area (Å²) in [5, 5.41) is 15.0. The maximum absolute atomic E-state index is 13.5. The van der Waals surface area contributed by atoms with Gasteiger partial charge in [0.1, 0.15) is 6.61 Å². The van der Waals surface area contributed by atoms with Gasteiger partial charge < -0.3 is 19.5 Å². The van der Waals surface area contributed by atoms with Gasteiger partial charge in [-0.25, -0.2) is 9.59 Å². The Morgan fingerprint density at radius 3 is 1.98 bits per heavy atom. The summed E-state index contributed by atoms with van der Waals surface area (Å²) < 4.78 is 46.3. The number of hydrogen-bond donors (Lipinski definition) is 1. The van der Waals surface area contributed by atoms with E-state index in [0.717, 1.165) is 5.56 Å². The summed E-state index contributed by atoms with van der Waals surface area (Å²) in [6.07, 6.45) is 2.20. The smallest absolute Gasteiger partial charge is 0.336 e. The molecule has 0 saturated carbocycles. The molecule has 0 saturated heterocycles. The molecule has 0 fully saturated rings. The van der Waals surface area contributed by atoms with Gasteiger partial charge in [0.2, 0.25) is 0 Å². The van der Waals surface area contributed by atoms with Gasteiger partial charge >= 0.3 is 11.9 Å². The van der Waals surface area contributed by atoms with E-state index >= 15 is 0 Å². The van der Waals surface area contributed by atoms with Crippen molar-refractivity contribution in [2.24, 2.45) is 0 Å². The summed E-state index contributed by atoms with van der Waals surface area (Å²) in [6, 6.07) is 12.4. The lowest BCUT2D eigenvalue weighted by Crippen LogP contribution is -2.33. The van der Waals surface area contributed by atoms with E-state index in [1.54, 1.807) is 32.0 Å². The first-order valence-electron chi connectivity index (χ1n) is 15.2. The number of carbonyl (C=O) groups is 2. The molecule has 1 aliphatic rings. The van der Waals surface area contributed by atoms with Crippen molar-refractivity contribution in [1.82, 2.24) is 5.32 Å². The van der Waals surface area contributed by atoms with Crippen LogP contribution in [-0.2, 0) is 38.1 Å². The summed E-state index contributed by atoms with van der Waals surface area (Å²) in [4.78, 5) is 38.4. The van der Waals surface area contributed by atoms with Crippen LogP contribution in [0.5, 0.6) is 0 Å². The Bertz CT molecular complexity index is 1560. The van der Waals surface area contributed by atoms with E-state index < -0.39 is 32.9 Å². The van der Waals surface area contributed by atoms with E-state index in [-0.39, 0.29) is 59.8 Å². The molecule has 2 aromatic carbocycles. The lowest BCUT2D eigenvalue weighted by molar-refractivity contribution is -0.385. The highest BCUT2D eigenvalue weighted by Crippen LogP contribution is 2.42. The summed E-state index contributed by atoms with van der Waals surface area (Å²) in [6.45, 7) is 9.06. The molecule has 13 heteroatoms. The minimum absolute atomic E-state index is 0.0272. The second-order valence-corrected chi connectivity index (χ2v) is 12.8. The second kappa shape index (κ2) is 17.0. The monoisotopic (exact) mass is 658 g/mol. The van der Waals surface area contributed by atoms with Crippen LogP contribution in [-0.4, -0.2) is 57.8 Å². The van der Waals surface area contributed by atoms with Crippen molar-refractivity contribution in [2.75, 3.05) is 26.4 Å². The molecule has 0 spiro atoms. The number of nitro benzene ring substituents is 1. The number of allylic oxidation sites excluding steroid dienone is 2. The van der Waals surface area contributed by atoms with Crippen LogP contribution < -0.4 is 5.32 Å². The van der Waals surface area contributed by atoms with Crippen molar-refractivity contribution >= 4 is 27.7 Å². The predicted octanol–water partition coefficient (Wildman–Crippen LogP) is 5.62. The lowest BCUT2D eigenvalue weighted by Gasteiger charge is -2.30. The first-order chi connectivity index (χ1) is 21.8. The highest BCUT2D eigenvalue weighted by molar-refractivity contribution is 7.86. The topological polar surface area (TPSA) is 160 Å². The minimum atomic E-state index is -3.83. The van der Waals surface area contributed by atoms with E-state index in [1.807, 2.05) is 20.8 Å². The molecule has 0 radical (unpaired) electrons. The Balaban J connectivity index is 1.64. The van der Waals surface area contributed by atoms with E-state index in [2.05, 4.69) is 5.32 Å². The molecule has 0 bridgehead atoms. The number of nitrogens with zero attached hydrogens (tertiary/aromatic N) is 1. The molecule has 1 unspecified atom stereocenters. The van der Waals surface area contributed by atoms with Crippen LogP contribution in [0, 0.1) is 17.0 Å². The molecule has 0 aromatic heterocycles. The Labute approximate surface area is 270 Å². The predicted molar refractivity (Wildman–Crippen MR) is 170 cm³/mol. The summed E-state index contributed by atoms with van der Waals surface area (Å²) in [5.74, 6) is -2.56. The van der Waals surface area contributed by atoms with Gasteiger partial charge in [0.05, 0.1) is 52.8 Å². The zero-order valence-corrected chi connectivity index (χ0v) is 27.7. The third-order valence-electron chi connectivity index (χ3n) is 7.23. The third-order valence-corrected chi connectivity index (χ3v) is 8.56. The number of esters is 2. The standard InChI is InChI=1S/C33H42N2O10S/c1-22(2)42-20-21-44-33(37)30-25(5)34-24(4)29(31(30)27-12-8-9-13-28(27)35(38)39)32(36)43-18-10-6-7-11-19-45-46(40,41)26-16-14-23(3)15-17-26/h8-9,12-17,22,31,34H,6-7,10-11,18-21H2,1-5H3. The maximum Gasteiger partial charge on any atom is 0.336 e. The van der Waals surface area contributed by atoms with E-state index in [4.69, 9.17) is 18.4 Å². The van der Waals surface area contributed by atoms with Crippen molar-refractivity contribution in [3.8, 4) is 0 Å². The van der Waals surface area contributed by atoms with E-state index in [9.17, 15) is 28.1 Å². The highest BCUT2D eigenvalue weighted by atomic mass is 32.2. The van der Waals surface area contributed by atoms with Crippen LogP contribution in [0.25, 0.3) is 0 Å². The number of benzene rings is 2. The van der Waals surface area contributed by atoms with Gasteiger partial charge in [0, 0.05) is 23.0 Å². The minimum Gasteiger partial charge on any atom is -0.462 e. The van der Waals surface area contributed by atoms with Gasteiger partial charge in [0.15, 0.2) is 0 Å². The first kappa shape index (κ1) is 36.4. The average molecular weight is 659 g/mol. The van der Waals surface area contributed by atoms with E-state index in [1.165, 1.54) is 30.3 Å². The lowest BCUT2D eigenvalue weighted by atomic mass is 9.79. The molecular formula is C33H42N2O10S. The Kier molecular flexibility index (Phi) is 13.5. The normalized spacial score (nSPS) is 15.1. The van der Waals surface area contributed by atoms with Crippen LogP contribution in [0.4, 0.5) is 5.69 Å². The molecule has 12 nitrogen and oxygen atoms in total. The number of nitrogens with one attached hydrogen (secondary N) is 1. The molecule has 1 N–H and O–H groups in total. The third kappa shape index (κ3) is 9.96. The molecule has 0 amide bonds. The van der Waals surface area contributed by atoms with Gasteiger partial charge in [-0.05, 0) is 66.0 Å². The van der Waals surface area contributed by atoms with Crippen molar-refractivity contribution < 1.29 is 41.3 Å². The second-order valence-electron chi connectivity index (χ2n) is 11.1. The van der Waals surface area contributed by atoms with E-state index in [0.29, 0.717) is 37.1 Å². The molecule has 46 heavy (non-hydrogen) atoms. The number of ether oxygens (including phenoxy) is 3. The van der Waals surface area contributed by atoms with Crippen LogP contribution in [0.1, 0.15) is 70.4 Å². The van der Waals surface area contributed by atoms with Crippen molar-refractivity contribution in [2.45, 2.75) is 77.2 Å². The van der Waals surface area contributed by atoms with Crippen LogP contribution >= 0.6 is 0 Å². The maximum atomic E-state index is 13.5. The number of unbranched alkanes of at least 4 members (excludes halogenated alkanes) is 3. The SMILES string of the molecule is CC1=C(C(=O)OCCCCCCOS(=O)(=O)c2ccc(C)cc2)C(c2ccccc2[N+](=O)[O-])C(C(=O)OCCOC(C)C)=C(C)N1. The number of carbonyl (C=O) groups excluding carboxylic acids is 2. The van der Waals surface area contributed by atoms with Gasteiger partial charge in [-0.2, -0.15) is 8.42 Å². The molecule has 1 atom stereocenters.